The zero-order valence-electron chi connectivity index (χ0n) is 17.2. The molecule has 162 valence electrons. The highest BCUT2D eigenvalue weighted by molar-refractivity contribution is 6.43. The number of nitrogens with one attached hydrogen (secondary N) is 2. The van der Waals surface area contributed by atoms with E-state index in [2.05, 4.69) is 15.3 Å². The Morgan fingerprint density at radius 2 is 1.76 bits per heavy atom. The molecule has 1 amide bonds. The molecule has 0 radical (unpaired) electrons. The zero-order valence-corrected chi connectivity index (χ0v) is 18.7. The van der Waals surface area contributed by atoms with Gasteiger partial charge < -0.3 is 14.7 Å². The van der Waals surface area contributed by atoms with Crippen LogP contribution in [0.1, 0.15) is 5.76 Å². The average molecular weight is 474 g/mol. The molecule has 0 aliphatic heterocycles. The lowest BCUT2D eigenvalue weighted by molar-refractivity contribution is -0.111. The molecule has 0 saturated heterocycles. The predicted octanol–water partition coefficient (Wildman–Crippen LogP) is 7.45. The Bertz CT molecular complexity index is 1450. The van der Waals surface area contributed by atoms with Crippen LogP contribution in [0.2, 0.25) is 10.0 Å². The van der Waals surface area contributed by atoms with Crippen molar-refractivity contribution < 1.29 is 9.21 Å². The summed E-state index contributed by atoms with van der Waals surface area (Å²) in [7, 11) is 0. The maximum atomic E-state index is 12.3. The summed E-state index contributed by atoms with van der Waals surface area (Å²) < 4.78 is 5.78. The van der Waals surface area contributed by atoms with Gasteiger partial charge in [-0.3, -0.25) is 4.79 Å². The van der Waals surface area contributed by atoms with Gasteiger partial charge in [0.05, 0.1) is 21.1 Å². The minimum Gasteiger partial charge on any atom is -0.457 e. The number of nitrogens with zero attached hydrogens (tertiary/aromatic N) is 1. The summed E-state index contributed by atoms with van der Waals surface area (Å²) >= 11 is 12.3. The number of furan rings is 1. The second-order valence-electron chi connectivity index (χ2n) is 7.31. The van der Waals surface area contributed by atoms with Crippen molar-refractivity contribution in [3.8, 4) is 22.7 Å². The van der Waals surface area contributed by atoms with Gasteiger partial charge in [0.1, 0.15) is 17.3 Å². The summed E-state index contributed by atoms with van der Waals surface area (Å²) in [6.45, 7) is 0. The minimum atomic E-state index is -0.273. The van der Waals surface area contributed by atoms with E-state index in [-0.39, 0.29) is 5.91 Å². The first kappa shape index (κ1) is 21.1. The number of amides is 1. The largest absolute Gasteiger partial charge is 0.457 e. The first-order valence-electron chi connectivity index (χ1n) is 10.2. The van der Waals surface area contributed by atoms with Crippen molar-refractivity contribution in [2.45, 2.75) is 0 Å². The lowest BCUT2D eigenvalue weighted by Crippen LogP contribution is -2.07. The molecule has 5 aromatic rings. The lowest BCUT2D eigenvalue weighted by atomic mass is 10.2. The third kappa shape index (κ3) is 4.55. The fraction of sp³-hybridized carbons (Fsp3) is 0. The van der Waals surface area contributed by atoms with E-state index in [0.29, 0.717) is 32.8 Å². The molecule has 33 heavy (non-hydrogen) atoms. The summed E-state index contributed by atoms with van der Waals surface area (Å²) in [6, 6.07) is 24.2. The monoisotopic (exact) mass is 473 g/mol. The van der Waals surface area contributed by atoms with E-state index in [1.165, 1.54) is 6.08 Å². The van der Waals surface area contributed by atoms with Gasteiger partial charge in [-0.2, -0.15) is 0 Å². The Hall–Kier alpha value is -3.80. The van der Waals surface area contributed by atoms with Crippen LogP contribution in [0, 0.1) is 0 Å². The molecule has 0 saturated carbocycles. The Morgan fingerprint density at radius 3 is 2.58 bits per heavy atom. The van der Waals surface area contributed by atoms with E-state index < -0.39 is 0 Å². The Labute approximate surface area is 199 Å². The number of imidazole rings is 1. The molecule has 5 nitrogen and oxygen atoms in total. The van der Waals surface area contributed by atoms with E-state index in [1.807, 2.05) is 54.6 Å². The second-order valence-corrected chi connectivity index (χ2v) is 8.09. The van der Waals surface area contributed by atoms with Crippen molar-refractivity contribution in [3.05, 3.63) is 101 Å². The molecule has 0 spiro atoms. The van der Waals surface area contributed by atoms with Crippen LogP contribution in [-0.2, 0) is 4.79 Å². The average Bonchev–Trinajstić information content (AvgIpc) is 3.47. The number of anilines is 1. The molecule has 0 aliphatic rings. The molecule has 0 bridgehead atoms. The van der Waals surface area contributed by atoms with Crippen LogP contribution in [-0.4, -0.2) is 15.9 Å². The lowest BCUT2D eigenvalue weighted by Gasteiger charge is -2.03. The second kappa shape index (κ2) is 8.98. The number of aromatic nitrogens is 2. The number of para-hydroxylation sites is 2. The third-order valence-corrected chi connectivity index (χ3v) is 5.88. The molecule has 2 aromatic heterocycles. The van der Waals surface area contributed by atoms with Crippen LogP contribution in [0.25, 0.3) is 39.8 Å². The van der Waals surface area contributed by atoms with E-state index in [9.17, 15) is 4.79 Å². The SMILES string of the molecule is O=C(C=Cc1ccc(-c2cccc(Cl)c2Cl)o1)Nc1ccc(-c2nc3ccccc3[nH]2)cc1. The first-order chi connectivity index (χ1) is 16.1. The maximum Gasteiger partial charge on any atom is 0.248 e. The van der Waals surface area contributed by atoms with Crippen LogP contribution >= 0.6 is 23.2 Å². The highest BCUT2D eigenvalue weighted by Crippen LogP contribution is 2.34. The first-order valence-corrected chi connectivity index (χ1v) is 10.9. The van der Waals surface area contributed by atoms with Crippen molar-refractivity contribution in [2.75, 3.05) is 5.32 Å². The molecule has 5 rings (SSSR count). The summed E-state index contributed by atoms with van der Waals surface area (Å²) in [4.78, 5) is 20.2. The molecule has 2 heterocycles. The smallest absolute Gasteiger partial charge is 0.248 e. The summed E-state index contributed by atoms with van der Waals surface area (Å²) in [5.74, 6) is 1.60. The zero-order chi connectivity index (χ0) is 22.8. The van der Waals surface area contributed by atoms with Crippen molar-refractivity contribution in [1.82, 2.24) is 9.97 Å². The van der Waals surface area contributed by atoms with Crippen LogP contribution < -0.4 is 5.32 Å². The van der Waals surface area contributed by atoms with Gasteiger partial charge in [0.25, 0.3) is 0 Å². The van der Waals surface area contributed by atoms with Crippen LogP contribution in [0.3, 0.4) is 0 Å². The molecule has 2 N–H and O–H groups in total. The van der Waals surface area contributed by atoms with Crippen LogP contribution in [0.4, 0.5) is 5.69 Å². The molecule has 0 fully saturated rings. The van der Waals surface area contributed by atoms with Gasteiger partial charge in [-0.1, -0.05) is 41.4 Å². The molecule has 3 aromatic carbocycles. The van der Waals surface area contributed by atoms with Crippen LogP contribution in [0.5, 0.6) is 0 Å². The number of halogens is 2. The predicted molar refractivity (Wildman–Crippen MR) is 133 cm³/mol. The topological polar surface area (TPSA) is 70.9 Å². The number of hydrogen-bond donors (Lipinski definition) is 2. The number of hydrogen-bond acceptors (Lipinski definition) is 3. The number of benzene rings is 3. The Balaban J connectivity index is 1.25. The van der Waals surface area contributed by atoms with Gasteiger partial charge in [0, 0.05) is 22.9 Å². The van der Waals surface area contributed by atoms with Crippen molar-refractivity contribution in [2.24, 2.45) is 0 Å². The fourth-order valence-corrected chi connectivity index (χ4v) is 3.82. The highest BCUT2D eigenvalue weighted by atomic mass is 35.5. The summed E-state index contributed by atoms with van der Waals surface area (Å²) in [6.07, 6.45) is 3.01. The number of H-pyrrole nitrogens is 1. The summed E-state index contributed by atoms with van der Waals surface area (Å²) in [5, 5.41) is 3.71. The number of fused-ring (bicyclic) bond motifs is 1. The van der Waals surface area contributed by atoms with Gasteiger partial charge in [0.15, 0.2) is 0 Å². The van der Waals surface area contributed by atoms with E-state index in [4.69, 9.17) is 27.6 Å². The van der Waals surface area contributed by atoms with E-state index in [1.54, 1.807) is 30.3 Å². The fourth-order valence-electron chi connectivity index (χ4n) is 3.42. The van der Waals surface area contributed by atoms with Crippen molar-refractivity contribution in [3.63, 3.8) is 0 Å². The Morgan fingerprint density at radius 1 is 0.939 bits per heavy atom. The quantitative estimate of drug-likeness (QED) is 0.260. The van der Waals surface area contributed by atoms with E-state index >= 15 is 0 Å². The van der Waals surface area contributed by atoms with Gasteiger partial charge in [-0.25, -0.2) is 4.98 Å². The standard InChI is InChI=1S/C26H17Cl2N3O2/c27-20-5-3-4-19(25(20)28)23-14-12-18(33-23)13-15-24(32)29-17-10-8-16(9-11-17)26-30-21-6-1-2-7-22(21)31-26/h1-15H,(H,29,32)(H,30,31). The summed E-state index contributed by atoms with van der Waals surface area (Å²) in [5.41, 5.74) is 4.19. The maximum absolute atomic E-state index is 12.3. The molecule has 7 heteroatoms. The van der Waals surface area contributed by atoms with Gasteiger partial charge in [-0.05, 0) is 66.7 Å². The molecule has 0 unspecified atom stereocenters. The number of rotatable bonds is 5. The normalized spacial score (nSPS) is 11.3. The molecular formula is C26H17Cl2N3O2. The van der Waals surface area contributed by atoms with Gasteiger partial charge >= 0.3 is 0 Å². The molecule has 0 aliphatic carbocycles. The Kier molecular flexibility index (Phi) is 5.73. The number of carbonyl (C=O) groups is 1. The number of aromatic amines is 1. The van der Waals surface area contributed by atoms with E-state index in [0.717, 1.165) is 22.4 Å². The third-order valence-electron chi connectivity index (χ3n) is 5.06. The molecule has 0 atom stereocenters. The number of carbonyl (C=O) groups excluding carboxylic acids is 1. The van der Waals surface area contributed by atoms with Crippen molar-refractivity contribution >= 4 is 51.9 Å². The highest BCUT2D eigenvalue weighted by Gasteiger charge is 2.10. The van der Waals surface area contributed by atoms with Gasteiger partial charge in [0.2, 0.25) is 5.91 Å². The molecular weight excluding hydrogens is 457 g/mol. The van der Waals surface area contributed by atoms with Gasteiger partial charge in [-0.15, -0.1) is 0 Å². The van der Waals surface area contributed by atoms with Crippen molar-refractivity contribution in [1.29, 1.82) is 0 Å². The minimum absolute atomic E-state index is 0.273. The van der Waals surface area contributed by atoms with Crippen LogP contribution in [0.15, 0.2) is 89.4 Å².